The number of hydrogen-bond acceptors (Lipinski definition) is 4. The summed E-state index contributed by atoms with van der Waals surface area (Å²) in [7, 11) is -0.701. The highest BCUT2D eigenvalue weighted by Gasteiger charge is 2.52. The smallest absolute Gasteiger partial charge is 0.491 e. The Morgan fingerprint density at radius 1 is 1.21 bits per heavy atom. The second-order valence-corrected chi connectivity index (χ2v) is 7.21. The molecule has 1 aromatic carbocycles. The fraction of sp³-hybridized carbons (Fsp3) is 0.684. The molecule has 24 heavy (non-hydrogen) atoms. The third-order valence-corrected chi connectivity index (χ3v) is 4.86. The van der Waals surface area contributed by atoms with Crippen LogP contribution in [0.15, 0.2) is 24.3 Å². The van der Waals surface area contributed by atoms with Gasteiger partial charge in [0, 0.05) is 11.0 Å². The summed E-state index contributed by atoms with van der Waals surface area (Å²) >= 11 is 0. The van der Waals surface area contributed by atoms with E-state index in [0.29, 0.717) is 5.46 Å². The third-order valence-electron chi connectivity index (χ3n) is 4.86. The molecule has 5 heteroatoms. The van der Waals surface area contributed by atoms with Crippen LogP contribution >= 0.6 is 0 Å². The maximum absolute atomic E-state index is 8.33. The predicted octanol–water partition coefficient (Wildman–Crippen LogP) is 3.08. The van der Waals surface area contributed by atoms with E-state index in [0.717, 1.165) is 0 Å². The van der Waals surface area contributed by atoms with E-state index in [1.165, 1.54) is 6.07 Å². The molecule has 1 aromatic rings. The highest BCUT2D eigenvalue weighted by molar-refractivity contribution is 6.62. The lowest BCUT2D eigenvalue weighted by Gasteiger charge is -2.32. The van der Waals surface area contributed by atoms with Crippen molar-refractivity contribution in [3.8, 4) is 5.75 Å². The number of fused-ring (bicyclic) bond motifs is 2. The van der Waals surface area contributed by atoms with Gasteiger partial charge in [0.15, 0.2) is 0 Å². The Morgan fingerprint density at radius 3 is 2.54 bits per heavy atom. The summed E-state index contributed by atoms with van der Waals surface area (Å²) in [4.78, 5) is 0. The maximum Gasteiger partial charge on any atom is 0.494 e. The molecular weight excluding hydrogens is 303 g/mol. The summed E-state index contributed by atoms with van der Waals surface area (Å²) in [5.41, 5.74) is -3.24. The van der Waals surface area contributed by atoms with Gasteiger partial charge in [-0.2, -0.15) is 0 Å². The van der Waals surface area contributed by atoms with Gasteiger partial charge in [0.1, 0.15) is 18.0 Å². The van der Waals surface area contributed by atoms with Gasteiger partial charge >= 0.3 is 7.12 Å². The molecule has 0 saturated carbocycles. The van der Waals surface area contributed by atoms with Crippen LogP contribution in [-0.2, 0) is 14.0 Å². The summed E-state index contributed by atoms with van der Waals surface area (Å²) in [6, 6.07) is 6.51. The van der Waals surface area contributed by atoms with E-state index >= 15 is 0 Å². The third kappa shape index (κ3) is 2.77. The molecule has 0 spiro atoms. The van der Waals surface area contributed by atoms with E-state index < -0.39 is 62.1 Å². The Kier molecular flexibility index (Phi) is 2.07. The molecule has 0 unspecified atom stereocenters. The van der Waals surface area contributed by atoms with Gasteiger partial charge in [-0.15, -0.1) is 0 Å². The summed E-state index contributed by atoms with van der Waals surface area (Å²) in [6.07, 6.45) is -15.5. The van der Waals surface area contributed by atoms with Gasteiger partial charge in [-0.1, -0.05) is 12.1 Å². The molecule has 3 saturated heterocycles. The van der Waals surface area contributed by atoms with E-state index in [1.807, 2.05) is 27.7 Å². The van der Waals surface area contributed by atoms with Crippen LogP contribution < -0.4 is 10.2 Å². The lowest BCUT2D eigenvalue weighted by Crippen LogP contribution is -2.41. The first-order chi connectivity index (χ1) is 14.7. The SMILES string of the molecule is [2H]C1([2H])C([2H])([2H])C2(COc3cccc(B4OC(C)(C)C(C)(C)O4)c3)OC1([2H])C([2H])([2H])C2([2H])[2H]. The van der Waals surface area contributed by atoms with Gasteiger partial charge in [0.2, 0.25) is 0 Å². The fourth-order valence-corrected chi connectivity index (χ4v) is 2.67. The molecule has 4 rings (SSSR count). The molecule has 3 heterocycles. The quantitative estimate of drug-likeness (QED) is 0.790. The van der Waals surface area contributed by atoms with E-state index in [1.54, 1.807) is 18.2 Å². The van der Waals surface area contributed by atoms with E-state index in [9.17, 15) is 0 Å². The molecule has 0 aromatic heterocycles. The minimum absolute atomic E-state index is 0.183. The predicted molar refractivity (Wildman–Crippen MR) is 93.7 cm³/mol. The van der Waals surface area contributed by atoms with Gasteiger partial charge in [0.05, 0.1) is 18.7 Å². The number of ether oxygens (including phenoxy) is 2. The highest BCUT2D eigenvalue weighted by atomic mass is 16.7. The van der Waals surface area contributed by atoms with Crippen molar-refractivity contribution in [3.05, 3.63) is 24.3 Å². The molecule has 3 aliphatic heterocycles. The van der Waals surface area contributed by atoms with Crippen molar-refractivity contribution in [3.63, 3.8) is 0 Å². The van der Waals surface area contributed by atoms with E-state index in [2.05, 4.69) is 0 Å². The molecular formula is C19H27BO4. The normalized spacial score (nSPS) is 50.2. The molecule has 0 N–H and O–H groups in total. The van der Waals surface area contributed by atoms with Gasteiger partial charge in [-0.05, 0) is 70.8 Å². The van der Waals surface area contributed by atoms with Crippen LogP contribution in [0.1, 0.15) is 65.5 Å². The monoisotopic (exact) mass is 339 g/mol. The van der Waals surface area contributed by atoms with Crippen molar-refractivity contribution in [2.24, 2.45) is 0 Å². The summed E-state index contributed by atoms with van der Waals surface area (Å²) in [6.45, 7) is 6.78. The first-order valence-corrected chi connectivity index (χ1v) is 7.99. The average molecular weight is 339 g/mol. The van der Waals surface area contributed by atoms with Crippen LogP contribution in [0.2, 0.25) is 0 Å². The number of rotatable bonds is 4. The van der Waals surface area contributed by atoms with Gasteiger partial charge in [-0.3, -0.25) is 0 Å². The zero-order valence-electron chi connectivity index (χ0n) is 23.2. The van der Waals surface area contributed by atoms with Crippen molar-refractivity contribution >= 4 is 12.6 Å². The summed E-state index contributed by atoms with van der Waals surface area (Å²) in [5, 5.41) is 0. The van der Waals surface area contributed by atoms with Crippen LogP contribution in [0.25, 0.3) is 0 Å². The second-order valence-electron chi connectivity index (χ2n) is 7.21. The Morgan fingerprint density at radius 2 is 1.88 bits per heavy atom. The molecule has 0 radical (unpaired) electrons. The van der Waals surface area contributed by atoms with Gasteiger partial charge < -0.3 is 18.8 Å². The standard InChI is InChI=1S/C19H27BO4/c1-17(2)18(3,4)24-20(23-17)14-6-5-7-16(12-14)21-13-19-10-8-15(22-19)9-11-19/h5-7,12,15H,8-11,13H2,1-4H3/i8D2,9D2,10D2,11D2,15D. The van der Waals surface area contributed by atoms with Crippen LogP contribution in [-0.4, -0.2) is 36.6 Å². The Labute approximate surface area is 157 Å². The Hall–Kier alpha value is -1.04. The molecule has 3 fully saturated rings. The first-order valence-electron chi connectivity index (χ1n) is 12.5. The largest absolute Gasteiger partial charge is 0.494 e. The van der Waals surface area contributed by atoms with Crippen LogP contribution in [0, 0.1) is 0 Å². The topological polar surface area (TPSA) is 36.9 Å². The molecule has 4 nitrogen and oxygen atoms in total. The van der Waals surface area contributed by atoms with Crippen molar-refractivity contribution in [2.45, 2.75) is 76.1 Å². The van der Waals surface area contributed by atoms with Crippen molar-refractivity contribution in [1.29, 1.82) is 0 Å². The summed E-state index contributed by atoms with van der Waals surface area (Å²) in [5.74, 6) is 0.183. The highest BCUT2D eigenvalue weighted by Crippen LogP contribution is 2.43. The van der Waals surface area contributed by atoms with Crippen LogP contribution in [0.4, 0.5) is 0 Å². The fourth-order valence-electron chi connectivity index (χ4n) is 2.67. The zero-order valence-corrected chi connectivity index (χ0v) is 14.2. The van der Waals surface area contributed by atoms with Crippen LogP contribution in [0.5, 0.6) is 5.75 Å². The van der Waals surface area contributed by atoms with Crippen LogP contribution in [0.3, 0.4) is 0 Å². The minimum atomic E-state index is -3.14. The molecule has 0 aliphatic carbocycles. The van der Waals surface area contributed by atoms with Crippen molar-refractivity contribution < 1.29 is 31.1 Å². The zero-order chi connectivity index (χ0) is 25.1. The molecule has 0 atom stereocenters. The lowest BCUT2D eigenvalue weighted by molar-refractivity contribution is -0.0198. The first kappa shape index (κ1) is 9.06. The Balaban J connectivity index is 1.64. The molecule has 3 aliphatic rings. The average Bonchev–Trinajstić information content (AvgIpc) is 3.03. The van der Waals surface area contributed by atoms with Gasteiger partial charge in [0.25, 0.3) is 0 Å². The number of benzene rings is 1. The van der Waals surface area contributed by atoms with E-state index in [4.69, 9.17) is 31.1 Å². The van der Waals surface area contributed by atoms with Crippen molar-refractivity contribution in [2.75, 3.05) is 6.61 Å². The van der Waals surface area contributed by atoms with E-state index in [-0.39, 0.29) is 5.75 Å². The van der Waals surface area contributed by atoms with Crippen molar-refractivity contribution in [1.82, 2.24) is 0 Å². The maximum atomic E-state index is 8.33. The Bertz CT molecular complexity index is 938. The van der Waals surface area contributed by atoms with Gasteiger partial charge in [-0.25, -0.2) is 0 Å². The number of hydrogen-bond donors (Lipinski definition) is 0. The summed E-state index contributed by atoms with van der Waals surface area (Å²) < 4.78 is 97.1. The second kappa shape index (κ2) is 5.48. The minimum Gasteiger partial charge on any atom is -0.491 e. The molecule has 0 amide bonds. The molecule has 2 bridgehead atoms. The molecule has 130 valence electrons. The lowest BCUT2D eigenvalue weighted by atomic mass is 9.79.